The molecule has 0 spiro atoms. The molecule has 6 aromatic rings. The number of nitro groups is 1. The number of ether oxygens (including phenoxy) is 1. The number of nitro benzene ring substituents is 1. The standard InChI is InChI=1S/C48H53ClN10O6S/c1-48(2)15-13-33(40(26-48)31-3-5-34(49)6-4-31)29-55-17-19-56(20-18-55)36-9-11-39(43(24-36)58-44-23-32-14-16-50-46(32)53-42(44)28-52-58)47(60)54-66(63,64)38-10-12-41(45(25-38)59(61)62)51-27-37-30-57(21-22-65-37)35-7-8-35/h3-6,9-12,14,16,23-25,28,35,37,51H,7-8,13,15,17-22,26-27,29-30H2,1-2H3,(H,50,53)(H,54,60). The molecule has 2 saturated heterocycles. The number of piperazine rings is 1. The molecule has 16 nitrogen and oxygen atoms in total. The van der Waals surface area contributed by atoms with Gasteiger partial charge in [-0.3, -0.25) is 24.7 Å². The van der Waals surface area contributed by atoms with E-state index < -0.39 is 31.4 Å². The van der Waals surface area contributed by atoms with Crippen molar-refractivity contribution in [2.24, 2.45) is 5.41 Å². The minimum Gasteiger partial charge on any atom is -0.377 e. The third-order valence-corrected chi connectivity index (χ3v) is 15.1. The van der Waals surface area contributed by atoms with Gasteiger partial charge in [-0.1, -0.05) is 43.2 Å². The number of nitrogens with one attached hydrogen (secondary N) is 3. The highest BCUT2D eigenvalue weighted by Crippen LogP contribution is 2.43. The van der Waals surface area contributed by atoms with Crippen LogP contribution in [0.25, 0.3) is 33.3 Å². The summed E-state index contributed by atoms with van der Waals surface area (Å²) < 4.78 is 37.5. The van der Waals surface area contributed by atoms with E-state index in [-0.39, 0.29) is 22.8 Å². The first-order chi connectivity index (χ1) is 31.8. The van der Waals surface area contributed by atoms with Crippen molar-refractivity contribution in [2.75, 3.05) is 69.2 Å². The molecule has 3 fully saturated rings. The molecule has 344 valence electrons. The number of amides is 1. The third kappa shape index (κ3) is 9.27. The Labute approximate surface area is 388 Å². The molecule has 1 unspecified atom stereocenters. The molecule has 0 radical (unpaired) electrons. The number of rotatable bonds is 13. The molecule has 1 atom stereocenters. The largest absolute Gasteiger partial charge is 0.377 e. The summed E-state index contributed by atoms with van der Waals surface area (Å²) in [6.45, 7) is 11.2. The summed E-state index contributed by atoms with van der Waals surface area (Å²) in [5.74, 6) is -0.916. The number of aromatic amines is 1. The number of morpholine rings is 1. The fourth-order valence-electron chi connectivity index (χ4n) is 9.67. The van der Waals surface area contributed by atoms with Crippen molar-refractivity contribution in [3.8, 4) is 5.69 Å². The molecule has 3 aromatic carbocycles. The van der Waals surface area contributed by atoms with Crippen LogP contribution in [0.2, 0.25) is 5.02 Å². The highest BCUT2D eigenvalue weighted by molar-refractivity contribution is 7.90. The summed E-state index contributed by atoms with van der Waals surface area (Å²) in [7, 11) is -4.59. The molecule has 5 heterocycles. The first-order valence-electron chi connectivity index (χ1n) is 22.6. The number of halogens is 1. The third-order valence-electron chi connectivity index (χ3n) is 13.5. The van der Waals surface area contributed by atoms with E-state index in [4.69, 9.17) is 21.3 Å². The molecule has 1 amide bonds. The average Bonchev–Trinajstić information content (AvgIpc) is 3.93. The van der Waals surface area contributed by atoms with Crippen molar-refractivity contribution in [1.29, 1.82) is 0 Å². The van der Waals surface area contributed by atoms with E-state index in [9.17, 15) is 23.3 Å². The molecule has 66 heavy (non-hydrogen) atoms. The highest BCUT2D eigenvalue weighted by atomic mass is 35.5. The van der Waals surface area contributed by atoms with Crippen molar-refractivity contribution >= 4 is 72.2 Å². The lowest BCUT2D eigenvalue weighted by Gasteiger charge is -2.39. The monoisotopic (exact) mass is 932 g/mol. The zero-order chi connectivity index (χ0) is 45.7. The van der Waals surface area contributed by atoms with Crippen molar-refractivity contribution in [2.45, 2.75) is 63.0 Å². The van der Waals surface area contributed by atoms with Crippen LogP contribution in [0.3, 0.4) is 0 Å². The summed E-state index contributed by atoms with van der Waals surface area (Å²) in [6, 6.07) is 21.5. The molecule has 2 aliphatic heterocycles. The van der Waals surface area contributed by atoms with Gasteiger partial charge in [0.1, 0.15) is 16.9 Å². The van der Waals surface area contributed by atoms with E-state index in [0.717, 1.165) is 87.2 Å². The number of aromatic nitrogens is 4. The number of benzene rings is 3. The van der Waals surface area contributed by atoms with E-state index in [1.807, 2.05) is 36.4 Å². The van der Waals surface area contributed by atoms with E-state index in [2.05, 4.69) is 60.8 Å². The Morgan fingerprint density at radius 3 is 2.59 bits per heavy atom. The fourth-order valence-corrected chi connectivity index (χ4v) is 10.8. The Kier molecular flexibility index (Phi) is 11.8. The predicted molar refractivity (Wildman–Crippen MR) is 256 cm³/mol. The van der Waals surface area contributed by atoms with Crippen LogP contribution >= 0.6 is 11.6 Å². The summed E-state index contributed by atoms with van der Waals surface area (Å²) in [5, 5.41) is 21.6. The molecule has 0 bridgehead atoms. The van der Waals surface area contributed by atoms with Gasteiger partial charge in [0, 0.05) is 86.8 Å². The van der Waals surface area contributed by atoms with Crippen molar-refractivity contribution < 1.29 is 22.9 Å². The average molecular weight is 934 g/mol. The second-order valence-corrected chi connectivity index (χ2v) is 20.8. The smallest absolute Gasteiger partial charge is 0.293 e. The van der Waals surface area contributed by atoms with Gasteiger partial charge in [0.15, 0.2) is 0 Å². The predicted octanol–water partition coefficient (Wildman–Crippen LogP) is 7.64. The second kappa shape index (κ2) is 17.8. The number of carbonyl (C=O) groups is 1. The van der Waals surface area contributed by atoms with Gasteiger partial charge in [0.2, 0.25) is 0 Å². The molecule has 18 heteroatoms. The van der Waals surface area contributed by atoms with Crippen LogP contribution in [0.1, 0.15) is 61.9 Å². The van der Waals surface area contributed by atoms with Crippen LogP contribution in [0.4, 0.5) is 17.1 Å². The van der Waals surface area contributed by atoms with Gasteiger partial charge >= 0.3 is 0 Å². The molecular formula is C48H53ClN10O6S. The Morgan fingerprint density at radius 1 is 1.02 bits per heavy atom. The van der Waals surface area contributed by atoms with E-state index in [1.54, 1.807) is 23.1 Å². The number of allylic oxidation sites excluding steroid dienone is 1. The van der Waals surface area contributed by atoms with Crippen molar-refractivity contribution in [3.05, 3.63) is 117 Å². The highest BCUT2D eigenvalue weighted by Gasteiger charge is 2.34. The maximum atomic E-state index is 14.3. The molecule has 3 N–H and O–H groups in total. The van der Waals surface area contributed by atoms with Crippen LogP contribution in [0.5, 0.6) is 0 Å². The first-order valence-corrected chi connectivity index (χ1v) is 24.5. The maximum absolute atomic E-state index is 14.3. The second-order valence-electron chi connectivity index (χ2n) is 18.7. The van der Waals surface area contributed by atoms with Gasteiger partial charge < -0.3 is 19.9 Å². The van der Waals surface area contributed by atoms with Gasteiger partial charge in [0.05, 0.1) is 45.5 Å². The topological polar surface area (TPSA) is 184 Å². The van der Waals surface area contributed by atoms with Gasteiger partial charge in [-0.2, -0.15) is 5.10 Å². The lowest BCUT2D eigenvalue weighted by molar-refractivity contribution is -0.384. The van der Waals surface area contributed by atoms with E-state index in [0.29, 0.717) is 41.6 Å². The summed E-state index contributed by atoms with van der Waals surface area (Å²) in [4.78, 5) is 40.5. The van der Waals surface area contributed by atoms with Gasteiger partial charge in [-0.25, -0.2) is 22.8 Å². The van der Waals surface area contributed by atoms with Gasteiger partial charge in [0.25, 0.3) is 21.6 Å². The number of pyridine rings is 1. The minimum absolute atomic E-state index is 0.0440. The minimum atomic E-state index is -4.59. The number of carbonyl (C=O) groups excluding carboxylic acids is 1. The summed E-state index contributed by atoms with van der Waals surface area (Å²) in [5.41, 5.74) is 7.20. The van der Waals surface area contributed by atoms with Crippen LogP contribution in [0.15, 0.2) is 95.7 Å². The number of fused-ring (bicyclic) bond motifs is 2. The molecule has 10 rings (SSSR count). The molecule has 4 aliphatic rings. The fraction of sp³-hybridized carbons (Fsp3) is 0.396. The van der Waals surface area contributed by atoms with Gasteiger partial charge in [-0.15, -0.1) is 0 Å². The number of hydrogen-bond donors (Lipinski definition) is 3. The Morgan fingerprint density at radius 2 is 1.82 bits per heavy atom. The molecular weight excluding hydrogens is 880 g/mol. The normalized spacial score (nSPS) is 19.7. The van der Waals surface area contributed by atoms with Crippen LogP contribution < -0.4 is 14.9 Å². The number of anilines is 2. The Bertz CT molecular complexity index is 2970. The number of nitrogens with zero attached hydrogens (tertiary/aromatic N) is 7. The molecule has 3 aromatic heterocycles. The van der Waals surface area contributed by atoms with Crippen LogP contribution in [-0.4, -0.2) is 120 Å². The number of H-pyrrole nitrogens is 1. The van der Waals surface area contributed by atoms with Gasteiger partial charge in [-0.05, 0) is 103 Å². The molecule has 2 aliphatic carbocycles. The van der Waals surface area contributed by atoms with Crippen LogP contribution in [-0.2, 0) is 14.8 Å². The first kappa shape index (κ1) is 44.0. The quantitative estimate of drug-likeness (QED) is 0.0761. The summed E-state index contributed by atoms with van der Waals surface area (Å²) >= 11 is 6.26. The zero-order valence-corrected chi connectivity index (χ0v) is 38.6. The SMILES string of the molecule is CC1(C)CCC(CN2CCN(c3ccc(C(=O)NS(=O)(=O)c4ccc(NCC5CN(C6CC6)CCO5)c([N+](=O)[O-])c4)c(-n4ncc5nc6[nH]ccc6cc54)c3)CC2)=C(c2ccc(Cl)cc2)C1. The van der Waals surface area contributed by atoms with E-state index >= 15 is 0 Å². The number of sulfonamides is 1. The Balaban J connectivity index is 0.894. The lowest BCUT2D eigenvalue weighted by Crippen LogP contribution is -2.47. The number of hydrogen-bond acceptors (Lipinski definition) is 12. The Hall–Kier alpha value is -5.85. The van der Waals surface area contributed by atoms with Crippen molar-refractivity contribution in [3.63, 3.8) is 0 Å². The van der Waals surface area contributed by atoms with Crippen LogP contribution in [0, 0.1) is 15.5 Å². The molecule has 1 saturated carbocycles. The zero-order valence-electron chi connectivity index (χ0n) is 37.0. The lowest BCUT2D eigenvalue weighted by atomic mass is 9.72. The maximum Gasteiger partial charge on any atom is 0.293 e. The van der Waals surface area contributed by atoms with E-state index in [1.165, 1.54) is 41.7 Å². The summed E-state index contributed by atoms with van der Waals surface area (Å²) in [6.07, 6.45) is 8.77. The van der Waals surface area contributed by atoms with Crippen molar-refractivity contribution in [1.82, 2.24) is 34.3 Å².